The molecule has 0 aromatic rings. The molecular formula is C18H34O2S2. The Morgan fingerprint density at radius 3 is 2.55 bits per heavy atom. The monoisotopic (exact) mass is 346 g/mol. The molecule has 4 heteroatoms. The van der Waals surface area contributed by atoms with Crippen LogP contribution in [0.1, 0.15) is 65.7 Å². The minimum absolute atomic E-state index is 0.310. The maximum absolute atomic E-state index is 10.8. The van der Waals surface area contributed by atoms with E-state index in [1.54, 1.807) is 0 Å². The number of hydrogen-bond acceptors (Lipinski definition) is 4. The lowest BCUT2D eigenvalue weighted by Gasteiger charge is -2.21. The molecule has 0 aromatic heterocycles. The van der Waals surface area contributed by atoms with Crippen LogP contribution < -0.4 is 0 Å². The summed E-state index contributed by atoms with van der Waals surface area (Å²) in [4.78, 5) is 10.8. The van der Waals surface area contributed by atoms with Gasteiger partial charge >= 0.3 is 5.97 Å². The quantitative estimate of drug-likeness (QED) is 0.154. The van der Waals surface area contributed by atoms with Gasteiger partial charge < -0.3 is 4.74 Å². The Labute approximate surface area is 145 Å². The van der Waals surface area contributed by atoms with Crippen molar-refractivity contribution in [1.29, 1.82) is 0 Å². The zero-order chi connectivity index (χ0) is 16.6. The lowest BCUT2D eigenvalue weighted by Crippen LogP contribution is -2.12. The van der Waals surface area contributed by atoms with Crippen LogP contribution in [0.25, 0.3) is 0 Å². The molecule has 0 fully saturated rings. The maximum Gasteiger partial charge on any atom is 0.330 e. The average Bonchev–Trinajstić information content (AvgIpc) is 2.52. The van der Waals surface area contributed by atoms with Crippen molar-refractivity contribution in [3.8, 4) is 0 Å². The molecule has 22 heavy (non-hydrogen) atoms. The van der Waals surface area contributed by atoms with Gasteiger partial charge in [0, 0.05) is 17.6 Å². The van der Waals surface area contributed by atoms with E-state index >= 15 is 0 Å². The maximum atomic E-state index is 10.8. The summed E-state index contributed by atoms with van der Waals surface area (Å²) in [5.41, 5.74) is 0. The largest absolute Gasteiger partial charge is 0.463 e. The zero-order valence-corrected chi connectivity index (χ0v) is 16.3. The average molecular weight is 347 g/mol. The summed E-state index contributed by atoms with van der Waals surface area (Å²) >= 11 is 0. The molecule has 0 heterocycles. The molecule has 0 N–H and O–H groups in total. The first-order chi connectivity index (χ1) is 10.7. The second kappa shape index (κ2) is 15.8. The van der Waals surface area contributed by atoms with Gasteiger partial charge in [-0.05, 0) is 24.7 Å². The Bertz CT molecular complexity index is 282. The third-order valence-corrected chi connectivity index (χ3v) is 6.57. The number of unbranched alkanes of at least 4 members (excludes halogenated alkanes) is 3. The van der Waals surface area contributed by atoms with E-state index in [1.807, 2.05) is 10.8 Å². The molecular weight excluding hydrogens is 312 g/mol. The highest BCUT2D eigenvalue weighted by Crippen LogP contribution is 2.31. The molecule has 0 saturated carbocycles. The first-order valence-electron chi connectivity index (χ1n) is 8.69. The summed E-state index contributed by atoms with van der Waals surface area (Å²) in [6.45, 7) is 10.9. The van der Waals surface area contributed by atoms with Crippen LogP contribution in [-0.2, 0) is 9.53 Å². The fourth-order valence-electron chi connectivity index (χ4n) is 2.42. The number of carbonyl (C=O) groups excluding carboxylic acids is 1. The number of carbonyl (C=O) groups is 1. The highest BCUT2D eigenvalue weighted by atomic mass is 33.1. The third-order valence-electron chi connectivity index (χ3n) is 3.97. The van der Waals surface area contributed by atoms with Gasteiger partial charge in [0.1, 0.15) is 0 Å². The van der Waals surface area contributed by atoms with Gasteiger partial charge in [0.25, 0.3) is 0 Å². The van der Waals surface area contributed by atoms with Gasteiger partial charge in [-0.1, -0.05) is 81.0 Å². The minimum Gasteiger partial charge on any atom is -0.463 e. The summed E-state index contributed by atoms with van der Waals surface area (Å²) in [5.74, 6) is 3.95. The van der Waals surface area contributed by atoms with Crippen LogP contribution >= 0.6 is 21.6 Å². The van der Waals surface area contributed by atoms with Crippen LogP contribution in [0.3, 0.4) is 0 Å². The molecule has 0 radical (unpaired) electrons. The molecule has 0 spiro atoms. The molecule has 0 aliphatic rings. The molecule has 2 atom stereocenters. The van der Waals surface area contributed by atoms with Crippen molar-refractivity contribution in [1.82, 2.24) is 0 Å². The van der Waals surface area contributed by atoms with Crippen LogP contribution in [0.2, 0.25) is 0 Å². The second-order valence-electron chi connectivity index (χ2n) is 5.83. The Morgan fingerprint density at radius 2 is 1.91 bits per heavy atom. The smallest absolute Gasteiger partial charge is 0.330 e. The molecule has 2 unspecified atom stereocenters. The predicted molar refractivity (Wildman–Crippen MR) is 102 cm³/mol. The van der Waals surface area contributed by atoms with Gasteiger partial charge in [-0.25, -0.2) is 4.79 Å². The van der Waals surface area contributed by atoms with E-state index in [0.29, 0.717) is 6.61 Å². The van der Waals surface area contributed by atoms with Crippen molar-refractivity contribution in [3.05, 3.63) is 12.7 Å². The van der Waals surface area contributed by atoms with Crippen molar-refractivity contribution in [2.24, 2.45) is 11.8 Å². The molecule has 0 saturated heterocycles. The molecule has 0 aliphatic heterocycles. The highest BCUT2D eigenvalue weighted by Gasteiger charge is 2.14. The predicted octanol–water partition coefficient (Wildman–Crippen LogP) is 6.12. The van der Waals surface area contributed by atoms with Crippen molar-refractivity contribution < 1.29 is 9.53 Å². The van der Waals surface area contributed by atoms with Gasteiger partial charge in [-0.2, -0.15) is 0 Å². The van der Waals surface area contributed by atoms with E-state index in [9.17, 15) is 4.79 Å². The molecule has 0 bridgehead atoms. The highest BCUT2D eigenvalue weighted by molar-refractivity contribution is 8.76. The van der Waals surface area contributed by atoms with Crippen molar-refractivity contribution >= 4 is 27.6 Å². The fraction of sp³-hybridized carbons (Fsp3) is 0.833. The topological polar surface area (TPSA) is 26.3 Å². The fourth-order valence-corrected chi connectivity index (χ4v) is 5.21. The summed E-state index contributed by atoms with van der Waals surface area (Å²) in [5, 5.41) is 0. The summed E-state index contributed by atoms with van der Waals surface area (Å²) in [7, 11) is 4.07. The third kappa shape index (κ3) is 12.5. The Morgan fingerprint density at radius 1 is 1.18 bits per heavy atom. The van der Waals surface area contributed by atoms with Gasteiger partial charge in [-0.3, -0.25) is 0 Å². The first kappa shape index (κ1) is 21.9. The van der Waals surface area contributed by atoms with Gasteiger partial charge in [0.05, 0.1) is 6.61 Å². The van der Waals surface area contributed by atoms with Crippen LogP contribution in [0.4, 0.5) is 0 Å². The number of hydrogen-bond donors (Lipinski definition) is 0. The number of rotatable bonds is 15. The zero-order valence-electron chi connectivity index (χ0n) is 14.6. The lowest BCUT2D eigenvalue weighted by molar-refractivity contribution is -0.137. The Balaban J connectivity index is 3.38. The van der Waals surface area contributed by atoms with Gasteiger partial charge in [0.15, 0.2) is 0 Å². The van der Waals surface area contributed by atoms with Crippen LogP contribution in [0, 0.1) is 11.8 Å². The second-order valence-corrected chi connectivity index (χ2v) is 8.45. The molecule has 130 valence electrons. The molecule has 0 amide bonds. The van der Waals surface area contributed by atoms with Crippen molar-refractivity contribution in [2.75, 3.05) is 18.1 Å². The van der Waals surface area contributed by atoms with Gasteiger partial charge in [-0.15, -0.1) is 0 Å². The molecule has 2 nitrogen and oxygen atoms in total. The van der Waals surface area contributed by atoms with Crippen LogP contribution in [0.5, 0.6) is 0 Å². The van der Waals surface area contributed by atoms with Gasteiger partial charge in [0.2, 0.25) is 0 Å². The van der Waals surface area contributed by atoms with Crippen molar-refractivity contribution in [2.45, 2.75) is 65.7 Å². The van der Waals surface area contributed by atoms with Crippen LogP contribution in [-0.4, -0.2) is 24.1 Å². The number of ether oxygens (including phenoxy) is 1. The van der Waals surface area contributed by atoms with E-state index in [1.165, 1.54) is 49.7 Å². The van der Waals surface area contributed by atoms with E-state index in [4.69, 9.17) is 4.74 Å². The Kier molecular flexibility index (Phi) is 15.7. The molecule has 0 aromatic carbocycles. The van der Waals surface area contributed by atoms with Crippen LogP contribution in [0.15, 0.2) is 12.7 Å². The normalized spacial score (nSPS) is 13.6. The molecule has 0 rings (SSSR count). The Hall–Kier alpha value is -0.0900. The summed E-state index contributed by atoms with van der Waals surface area (Å²) in [6.07, 6.45) is 9.77. The van der Waals surface area contributed by atoms with E-state index in [0.717, 1.165) is 24.7 Å². The SMILES string of the molecule is C=CC(=O)OCCCCCCSSCC(CC)C(C)CCC. The minimum atomic E-state index is -0.310. The van der Waals surface area contributed by atoms with E-state index in [-0.39, 0.29) is 5.97 Å². The van der Waals surface area contributed by atoms with E-state index < -0.39 is 0 Å². The van der Waals surface area contributed by atoms with Crippen molar-refractivity contribution in [3.63, 3.8) is 0 Å². The standard InChI is InChI=1S/C18H34O2S2/c1-5-12-16(4)17(6-2)15-22-21-14-11-9-8-10-13-20-18(19)7-3/h7,16-17H,3,5-6,8-15H2,1-2,4H3. The summed E-state index contributed by atoms with van der Waals surface area (Å²) < 4.78 is 4.95. The lowest BCUT2D eigenvalue weighted by atomic mass is 9.90. The molecule has 0 aliphatic carbocycles. The number of esters is 1. The van der Waals surface area contributed by atoms with E-state index in [2.05, 4.69) is 38.1 Å². The first-order valence-corrected chi connectivity index (χ1v) is 11.2. The summed E-state index contributed by atoms with van der Waals surface area (Å²) in [6, 6.07) is 0.